The molecule has 66 valence electrons. The van der Waals surface area contributed by atoms with E-state index >= 15 is 0 Å². The minimum absolute atomic E-state index is 0.00278. The highest BCUT2D eigenvalue weighted by atomic mass is 16.7. The van der Waals surface area contributed by atoms with Crippen LogP contribution in [-0.4, -0.2) is 23.1 Å². The number of hydroxylamine groups is 1. The van der Waals surface area contributed by atoms with Gasteiger partial charge in [-0.25, -0.2) is 9.79 Å². The van der Waals surface area contributed by atoms with E-state index < -0.39 is 12.1 Å². The van der Waals surface area contributed by atoms with Crippen LogP contribution in [0.25, 0.3) is 0 Å². The Hall–Kier alpha value is -1.10. The van der Waals surface area contributed by atoms with Gasteiger partial charge in [0.05, 0.1) is 0 Å². The average Bonchev–Trinajstić information content (AvgIpc) is 2.61. The van der Waals surface area contributed by atoms with Crippen LogP contribution >= 0.6 is 0 Å². The van der Waals surface area contributed by atoms with Gasteiger partial charge in [-0.15, -0.1) is 5.48 Å². The molecule has 0 amide bonds. The second-order valence-electron chi connectivity index (χ2n) is 3.46. The molecule has 0 aromatic carbocycles. The number of carbonyl (C=O) groups is 1. The highest BCUT2D eigenvalue weighted by Gasteiger charge is 2.47. The predicted octanol–water partition coefficient (Wildman–Crippen LogP) is 0.130. The van der Waals surface area contributed by atoms with Crippen molar-refractivity contribution < 1.29 is 14.7 Å². The summed E-state index contributed by atoms with van der Waals surface area (Å²) in [6.07, 6.45) is 1.14. The molecule has 0 saturated heterocycles. The van der Waals surface area contributed by atoms with Crippen molar-refractivity contribution in [1.29, 1.82) is 0 Å². The Morgan fingerprint density at radius 2 is 2.50 bits per heavy atom. The van der Waals surface area contributed by atoms with Gasteiger partial charge in [0.25, 0.3) is 0 Å². The summed E-state index contributed by atoms with van der Waals surface area (Å²) in [4.78, 5) is 19.3. The summed E-state index contributed by atoms with van der Waals surface area (Å²) < 4.78 is 0. The van der Waals surface area contributed by atoms with E-state index in [1.54, 1.807) is 0 Å². The van der Waals surface area contributed by atoms with Crippen LogP contribution in [0.1, 0.15) is 19.8 Å². The number of hydrogen-bond acceptors (Lipinski definition) is 4. The maximum atomic E-state index is 10.4. The van der Waals surface area contributed by atoms with Crippen LogP contribution in [0.2, 0.25) is 0 Å². The predicted molar refractivity (Wildman–Crippen MR) is 40.4 cm³/mol. The fourth-order valence-electron chi connectivity index (χ4n) is 1.07. The van der Waals surface area contributed by atoms with Crippen LogP contribution in [0.4, 0.5) is 0 Å². The van der Waals surface area contributed by atoms with Crippen LogP contribution < -0.4 is 5.48 Å². The molecule has 2 N–H and O–H groups in total. The standard InChI is InChI=1S/C7H10N2O3/c1-7(2-3-7)6-8-4(5(10)11)9-12-6/h4,9H,2-3H2,1H3,(H,10,11). The SMILES string of the molecule is CC1(C2=NC(C(=O)O)NO2)CC1. The fourth-order valence-corrected chi connectivity index (χ4v) is 1.07. The molecule has 1 heterocycles. The van der Waals surface area contributed by atoms with E-state index in [0.29, 0.717) is 5.90 Å². The Morgan fingerprint density at radius 3 is 2.92 bits per heavy atom. The quantitative estimate of drug-likeness (QED) is 0.618. The Bertz CT molecular complexity index is 257. The maximum Gasteiger partial charge on any atom is 0.346 e. The molecular weight excluding hydrogens is 160 g/mol. The molecule has 1 aliphatic heterocycles. The largest absolute Gasteiger partial charge is 0.479 e. The lowest BCUT2D eigenvalue weighted by Crippen LogP contribution is -2.29. The molecule has 1 aliphatic carbocycles. The molecule has 0 aromatic heterocycles. The van der Waals surface area contributed by atoms with Gasteiger partial charge in [0.15, 0.2) is 0 Å². The van der Waals surface area contributed by atoms with Crippen LogP contribution in [0, 0.1) is 5.41 Å². The molecule has 0 bridgehead atoms. The first kappa shape index (κ1) is 7.54. The van der Waals surface area contributed by atoms with Crippen LogP contribution in [0.5, 0.6) is 0 Å². The van der Waals surface area contributed by atoms with Gasteiger partial charge in [0.1, 0.15) is 0 Å². The smallest absolute Gasteiger partial charge is 0.346 e. The first-order valence-electron chi connectivity index (χ1n) is 3.85. The number of aliphatic imine (C=N–C) groups is 1. The molecule has 0 aromatic rings. The molecule has 2 aliphatic rings. The zero-order chi connectivity index (χ0) is 8.77. The Morgan fingerprint density at radius 1 is 1.83 bits per heavy atom. The highest BCUT2D eigenvalue weighted by Crippen LogP contribution is 2.47. The third kappa shape index (κ3) is 1.06. The van der Waals surface area contributed by atoms with Crippen molar-refractivity contribution in [3.05, 3.63) is 0 Å². The third-order valence-corrected chi connectivity index (χ3v) is 2.26. The summed E-state index contributed by atoms with van der Waals surface area (Å²) in [5.74, 6) is -0.468. The lowest BCUT2D eigenvalue weighted by molar-refractivity contribution is -0.140. The van der Waals surface area contributed by atoms with Crippen molar-refractivity contribution in [1.82, 2.24) is 5.48 Å². The van der Waals surface area contributed by atoms with Crippen LogP contribution in [0.3, 0.4) is 0 Å². The van der Waals surface area contributed by atoms with E-state index in [2.05, 4.69) is 10.5 Å². The molecule has 1 unspecified atom stereocenters. The van der Waals surface area contributed by atoms with E-state index in [1.165, 1.54) is 0 Å². The molecular formula is C7H10N2O3. The second kappa shape index (κ2) is 2.20. The first-order valence-corrected chi connectivity index (χ1v) is 3.85. The van der Waals surface area contributed by atoms with Gasteiger partial charge < -0.3 is 9.94 Å². The summed E-state index contributed by atoms with van der Waals surface area (Å²) in [6.45, 7) is 2.01. The number of rotatable bonds is 2. The molecule has 12 heavy (non-hydrogen) atoms. The third-order valence-electron chi connectivity index (χ3n) is 2.26. The zero-order valence-electron chi connectivity index (χ0n) is 6.70. The monoisotopic (exact) mass is 170 g/mol. The Labute approximate surface area is 69.4 Å². The molecule has 5 nitrogen and oxygen atoms in total. The zero-order valence-corrected chi connectivity index (χ0v) is 6.70. The molecule has 1 atom stereocenters. The number of hydrogen-bond donors (Lipinski definition) is 2. The minimum atomic E-state index is -1.01. The summed E-state index contributed by atoms with van der Waals surface area (Å²) in [5, 5.41) is 8.57. The summed E-state index contributed by atoms with van der Waals surface area (Å²) in [5.41, 5.74) is 2.35. The van der Waals surface area contributed by atoms with Crippen molar-refractivity contribution in [3.63, 3.8) is 0 Å². The number of aliphatic carboxylic acids is 1. The first-order chi connectivity index (χ1) is 5.62. The van der Waals surface area contributed by atoms with Gasteiger partial charge in [-0.1, -0.05) is 6.92 Å². The van der Waals surface area contributed by atoms with Crippen molar-refractivity contribution in [2.45, 2.75) is 25.9 Å². The van der Waals surface area contributed by atoms with Gasteiger partial charge in [0, 0.05) is 5.41 Å². The normalized spacial score (nSPS) is 30.8. The Kier molecular flexibility index (Phi) is 1.38. The summed E-state index contributed by atoms with van der Waals surface area (Å²) >= 11 is 0. The number of nitrogens with one attached hydrogen (secondary N) is 1. The highest BCUT2D eigenvalue weighted by molar-refractivity contribution is 5.89. The van der Waals surface area contributed by atoms with E-state index in [9.17, 15) is 4.79 Å². The van der Waals surface area contributed by atoms with E-state index in [-0.39, 0.29) is 5.41 Å². The average molecular weight is 170 g/mol. The lowest BCUT2D eigenvalue weighted by Gasteiger charge is -2.04. The molecule has 0 spiro atoms. The number of carboxylic acids is 1. The topological polar surface area (TPSA) is 70.9 Å². The summed E-state index contributed by atoms with van der Waals surface area (Å²) in [6, 6.07) is 0. The molecule has 0 radical (unpaired) electrons. The van der Waals surface area contributed by atoms with Gasteiger partial charge in [-0.3, -0.25) is 0 Å². The van der Waals surface area contributed by atoms with Crippen molar-refractivity contribution in [2.75, 3.05) is 0 Å². The Balaban J connectivity index is 2.10. The van der Waals surface area contributed by atoms with Crippen molar-refractivity contribution >= 4 is 11.9 Å². The number of nitrogens with zero attached hydrogens (tertiary/aromatic N) is 1. The summed E-state index contributed by atoms with van der Waals surface area (Å²) in [7, 11) is 0. The van der Waals surface area contributed by atoms with Crippen molar-refractivity contribution in [3.8, 4) is 0 Å². The lowest BCUT2D eigenvalue weighted by atomic mass is 10.1. The molecule has 5 heteroatoms. The van der Waals surface area contributed by atoms with Gasteiger partial charge >= 0.3 is 5.97 Å². The van der Waals surface area contributed by atoms with E-state index in [0.717, 1.165) is 12.8 Å². The fraction of sp³-hybridized carbons (Fsp3) is 0.714. The van der Waals surface area contributed by atoms with Gasteiger partial charge in [-0.2, -0.15) is 0 Å². The van der Waals surface area contributed by atoms with Crippen molar-refractivity contribution in [2.24, 2.45) is 10.4 Å². The molecule has 1 fully saturated rings. The van der Waals surface area contributed by atoms with Gasteiger partial charge in [0.2, 0.25) is 12.1 Å². The number of carboxylic acid groups (broad SMARTS) is 1. The maximum absolute atomic E-state index is 10.4. The minimum Gasteiger partial charge on any atom is -0.479 e. The van der Waals surface area contributed by atoms with Crippen LogP contribution in [0.15, 0.2) is 4.99 Å². The second-order valence-corrected chi connectivity index (χ2v) is 3.46. The van der Waals surface area contributed by atoms with E-state index in [1.807, 2.05) is 6.92 Å². The van der Waals surface area contributed by atoms with E-state index in [4.69, 9.17) is 9.94 Å². The van der Waals surface area contributed by atoms with Gasteiger partial charge in [-0.05, 0) is 12.8 Å². The molecule has 2 rings (SSSR count). The van der Waals surface area contributed by atoms with Crippen LogP contribution in [-0.2, 0) is 9.63 Å². The molecule has 1 saturated carbocycles.